The summed E-state index contributed by atoms with van der Waals surface area (Å²) >= 11 is 6.60. The van der Waals surface area contributed by atoms with Crippen molar-refractivity contribution >= 4 is 49.1 Å². The van der Waals surface area contributed by atoms with E-state index in [9.17, 15) is 14.9 Å². The second-order valence-electron chi connectivity index (χ2n) is 4.29. The smallest absolute Gasteiger partial charge is 0.270 e. The van der Waals surface area contributed by atoms with Crippen molar-refractivity contribution in [1.29, 1.82) is 0 Å². The molecule has 0 aromatic heterocycles. The van der Waals surface area contributed by atoms with E-state index in [4.69, 9.17) is 0 Å². The van der Waals surface area contributed by atoms with Gasteiger partial charge >= 0.3 is 0 Å². The van der Waals surface area contributed by atoms with Crippen LogP contribution in [0.5, 0.6) is 0 Å². The molecule has 2 aromatic carbocycles. The van der Waals surface area contributed by atoms with E-state index in [2.05, 4.69) is 37.2 Å². The summed E-state index contributed by atoms with van der Waals surface area (Å²) in [5, 5.41) is 13.4. The number of rotatable bonds is 3. The van der Waals surface area contributed by atoms with E-state index >= 15 is 0 Å². The third-order valence-corrected chi connectivity index (χ3v) is 4.44. The largest absolute Gasteiger partial charge is 0.321 e. The minimum atomic E-state index is -0.491. The number of hydrogen-bond acceptors (Lipinski definition) is 3. The van der Waals surface area contributed by atoms with Crippen molar-refractivity contribution in [2.45, 2.75) is 6.92 Å². The first-order valence-electron chi connectivity index (χ1n) is 5.90. The van der Waals surface area contributed by atoms with E-state index in [-0.39, 0.29) is 11.6 Å². The van der Waals surface area contributed by atoms with Gasteiger partial charge in [0.15, 0.2) is 0 Å². The van der Waals surface area contributed by atoms with Crippen LogP contribution in [0, 0.1) is 17.0 Å². The van der Waals surface area contributed by atoms with Gasteiger partial charge in [0.05, 0.1) is 10.6 Å². The van der Waals surface area contributed by atoms with E-state index in [1.807, 2.05) is 13.0 Å². The van der Waals surface area contributed by atoms with Crippen LogP contribution in [0.2, 0.25) is 0 Å². The third-order valence-electron chi connectivity index (χ3n) is 2.92. The van der Waals surface area contributed by atoms with Crippen LogP contribution in [-0.2, 0) is 0 Å². The Labute approximate surface area is 137 Å². The lowest BCUT2D eigenvalue weighted by molar-refractivity contribution is -0.384. The van der Waals surface area contributed by atoms with E-state index in [0.29, 0.717) is 15.7 Å². The minimum absolute atomic E-state index is 0.0430. The molecular formula is C14H10Br2N2O3. The highest BCUT2D eigenvalue weighted by Crippen LogP contribution is 2.28. The molecule has 0 fully saturated rings. The zero-order valence-corrected chi connectivity index (χ0v) is 14.1. The second-order valence-corrected chi connectivity index (χ2v) is 6.00. The van der Waals surface area contributed by atoms with Crippen LogP contribution >= 0.6 is 31.9 Å². The molecule has 0 unspecified atom stereocenters. The molecule has 0 radical (unpaired) electrons. The molecule has 7 heteroatoms. The Morgan fingerprint density at radius 1 is 1.19 bits per heavy atom. The van der Waals surface area contributed by atoms with Crippen molar-refractivity contribution in [3.05, 3.63) is 66.6 Å². The number of non-ortho nitro benzene ring substituents is 1. The van der Waals surface area contributed by atoms with Gasteiger partial charge in [0.2, 0.25) is 0 Å². The molecule has 1 amide bonds. The van der Waals surface area contributed by atoms with Crippen LogP contribution in [0.25, 0.3) is 0 Å². The van der Waals surface area contributed by atoms with Gasteiger partial charge in [-0.2, -0.15) is 0 Å². The summed E-state index contributed by atoms with van der Waals surface area (Å²) in [5.41, 5.74) is 1.80. The number of carbonyl (C=O) groups is 1. The summed E-state index contributed by atoms with van der Waals surface area (Å²) in [6, 6.07) is 9.53. The number of nitrogens with zero attached hydrogens (tertiary/aromatic N) is 1. The predicted octanol–water partition coefficient (Wildman–Crippen LogP) is 4.68. The summed E-state index contributed by atoms with van der Waals surface area (Å²) in [4.78, 5) is 22.5. The number of anilines is 1. The molecule has 108 valence electrons. The van der Waals surface area contributed by atoms with E-state index < -0.39 is 4.92 Å². The molecule has 0 aliphatic heterocycles. The maximum Gasteiger partial charge on any atom is 0.270 e. The average Bonchev–Trinajstić information content (AvgIpc) is 2.43. The van der Waals surface area contributed by atoms with Crippen LogP contribution in [0.15, 0.2) is 45.3 Å². The molecule has 2 rings (SSSR count). The SMILES string of the molecule is Cc1c(Br)cccc1C(=O)Nc1ccc([N+](=O)[O-])cc1Br. The normalized spacial score (nSPS) is 10.2. The third kappa shape index (κ3) is 3.48. The molecule has 0 atom stereocenters. The fourth-order valence-corrected chi connectivity index (χ4v) is 2.59. The molecule has 0 aliphatic carbocycles. The van der Waals surface area contributed by atoms with E-state index in [1.165, 1.54) is 18.2 Å². The Morgan fingerprint density at radius 2 is 1.90 bits per heavy atom. The fourth-order valence-electron chi connectivity index (χ4n) is 1.76. The topological polar surface area (TPSA) is 72.2 Å². The van der Waals surface area contributed by atoms with Crippen LogP contribution in [0.4, 0.5) is 11.4 Å². The van der Waals surface area contributed by atoms with Crippen molar-refractivity contribution in [3.63, 3.8) is 0 Å². The number of halogens is 2. The number of nitrogens with one attached hydrogen (secondary N) is 1. The minimum Gasteiger partial charge on any atom is -0.321 e. The van der Waals surface area contributed by atoms with Crippen molar-refractivity contribution in [3.8, 4) is 0 Å². The van der Waals surface area contributed by atoms with Gasteiger partial charge in [-0.05, 0) is 46.6 Å². The number of nitro benzene ring substituents is 1. The summed E-state index contributed by atoms with van der Waals surface area (Å²) < 4.78 is 1.30. The molecule has 0 saturated carbocycles. The number of nitro groups is 1. The summed E-state index contributed by atoms with van der Waals surface area (Å²) in [6.45, 7) is 1.84. The molecular weight excluding hydrogens is 404 g/mol. The molecule has 0 aliphatic rings. The van der Waals surface area contributed by atoms with Gasteiger partial charge in [-0.15, -0.1) is 0 Å². The van der Waals surface area contributed by atoms with Gasteiger partial charge in [-0.1, -0.05) is 22.0 Å². The van der Waals surface area contributed by atoms with Crippen LogP contribution in [0.3, 0.4) is 0 Å². The van der Waals surface area contributed by atoms with Gasteiger partial charge in [0.1, 0.15) is 0 Å². The number of carbonyl (C=O) groups excluding carboxylic acids is 1. The Kier molecular flexibility index (Phi) is 4.74. The van der Waals surface area contributed by atoms with Gasteiger partial charge in [0.25, 0.3) is 11.6 Å². The zero-order chi connectivity index (χ0) is 15.6. The Bertz CT molecular complexity index is 732. The first-order chi connectivity index (χ1) is 9.90. The van der Waals surface area contributed by atoms with E-state index in [1.54, 1.807) is 12.1 Å². The summed E-state index contributed by atoms with van der Waals surface area (Å²) in [5.74, 6) is -0.275. The lowest BCUT2D eigenvalue weighted by atomic mass is 10.1. The van der Waals surface area contributed by atoms with E-state index in [0.717, 1.165) is 10.0 Å². The molecule has 5 nitrogen and oxygen atoms in total. The monoisotopic (exact) mass is 412 g/mol. The number of benzene rings is 2. The highest BCUT2D eigenvalue weighted by Gasteiger charge is 2.14. The number of amides is 1. The van der Waals surface area contributed by atoms with Crippen molar-refractivity contribution in [1.82, 2.24) is 0 Å². The van der Waals surface area contributed by atoms with Crippen LogP contribution in [0.1, 0.15) is 15.9 Å². The van der Waals surface area contributed by atoms with Crippen molar-refractivity contribution in [2.24, 2.45) is 0 Å². The average molecular weight is 414 g/mol. The second kappa shape index (κ2) is 6.36. The summed E-state index contributed by atoms with van der Waals surface area (Å²) in [7, 11) is 0. The molecule has 1 N–H and O–H groups in total. The molecule has 0 heterocycles. The molecule has 21 heavy (non-hydrogen) atoms. The first kappa shape index (κ1) is 15.7. The maximum absolute atomic E-state index is 12.3. The maximum atomic E-state index is 12.3. The van der Waals surface area contributed by atoms with Crippen molar-refractivity contribution < 1.29 is 9.72 Å². The summed E-state index contributed by atoms with van der Waals surface area (Å²) in [6.07, 6.45) is 0. The molecule has 0 spiro atoms. The molecule has 0 saturated heterocycles. The standard InChI is InChI=1S/C14H10Br2N2O3/c1-8-10(3-2-4-11(8)15)14(19)17-13-6-5-9(18(20)21)7-12(13)16/h2-7H,1H3,(H,17,19). The highest BCUT2D eigenvalue weighted by molar-refractivity contribution is 9.11. The predicted molar refractivity (Wildman–Crippen MR) is 87.6 cm³/mol. The van der Waals surface area contributed by atoms with Gasteiger partial charge in [0, 0.05) is 26.6 Å². The van der Waals surface area contributed by atoms with Gasteiger partial charge in [-0.3, -0.25) is 14.9 Å². The zero-order valence-electron chi connectivity index (χ0n) is 10.9. The highest BCUT2D eigenvalue weighted by atomic mass is 79.9. The Balaban J connectivity index is 2.28. The quantitative estimate of drug-likeness (QED) is 0.586. The first-order valence-corrected chi connectivity index (χ1v) is 7.49. The van der Waals surface area contributed by atoms with Crippen LogP contribution < -0.4 is 5.32 Å². The lowest BCUT2D eigenvalue weighted by Gasteiger charge is -2.10. The Morgan fingerprint density at radius 3 is 2.52 bits per heavy atom. The van der Waals surface area contributed by atoms with Gasteiger partial charge < -0.3 is 5.32 Å². The molecule has 0 bridgehead atoms. The van der Waals surface area contributed by atoms with Gasteiger partial charge in [-0.25, -0.2) is 0 Å². The van der Waals surface area contributed by atoms with Crippen LogP contribution in [-0.4, -0.2) is 10.8 Å². The van der Waals surface area contributed by atoms with Crippen molar-refractivity contribution in [2.75, 3.05) is 5.32 Å². The fraction of sp³-hybridized carbons (Fsp3) is 0.0714. The molecule has 2 aromatic rings. The number of hydrogen-bond donors (Lipinski definition) is 1. The Hall–Kier alpha value is -1.73. The lowest BCUT2D eigenvalue weighted by Crippen LogP contribution is -2.14.